The summed E-state index contributed by atoms with van der Waals surface area (Å²) in [5.41, 5.74) is 0.453. The van der Waals surface area contributed by atoms with Gasteiger partial charge in [0.1, 0.15) is 11.3 Å². The fraction of sp³-hybridized carbons (Fsp3) is 0.500. The van der Waals surface area contributed by atoms with E-state index in [2.05, 4.69) is 22.0 Å². The third-order valence-electron chi connectivity index (χ3n) is 4.26. The lowest BCUT2D eigenvalue weighted by Crippen LogP contribution is -2.50. The van der Waals surface area contributed by atoms with Crippen molar-refractivity contribution in [3.8, 4) is 11.8 Å². The Bertz CT molecular complexity index is 675. The van der Waals surface area contributed by atoms with Crippen LogP contribution in [0.1, 0.15) is 39.0 Å². The second kappa shape index (κ2) is 8.38. The normalized spacial score (nSPS) is 15.6. The zero-order valence-electron chi connectivity index (χ0n) is 14.6. The average molecular weight is 344 g/mol. The van der Waals surface area contributed by atoms with Crippen LogP contribution in [-0.4, -0.2) is 31.0 Å². The molecule has 0 aliphatic heterocycles. The van der Waals surface area contributed by atoms with Crippen LogP contribution in [0.2, 0.25) is 0 Å². The van der Waals surface area contributed by atoms with Crippen molar-refractivity contribution in [1.29, 1.82) is 5.26 Å². The Kier molecular flexibility index (Phi) is 6.23. The minimum atomic E-state index is -0.751. The van der Waals surface area contributed by atoms with E-state index >= 15 is 0 Å². The number of rotatable bonds is 6. The number of hydrogen-bond donors (Lipinski definition) is 3. The molecule has 25 heavy (non-hydrogen) atoms. The predicted molar refractivity (Wildman–Crippen MR) is 95.4 cm³/mol. The first kappa shape index (κ1) is 18.6. The molecule has 2 rings (SSSR count). The summed E-state index contributed by atoms with van der Waals surface area (Å²) < 4.78 is 5.27. The molecule has 0 radical (unpaired) electrons. The highest BCUT2D eigenvalue weighted by atomic mass is 16.5. The van der Waals surface area contributed by atoms with Gasteiger partial charge in [0.05, 0.1) is 25.4 Å². The van der Waals surface area contributed by atoms with Gasteiger partial charge in [0.2, 0.25) is 11.8 Å². The number of nitrogens with one attached hydrogen (secondary N) is 3. The van der Waals surface area contributed by atoms with E-state index in [4.69, 9.17) is 4.74 Å². The van der Waals surface area contributed by atoms with Crippen molar-refractivity contribution in [1.82, 2.24) is 5.32 Å². The van der Waals surface area contributed by atoms with E-state index in [1.54, 1.807) is 18.2 Å². The molecule has 1 aliphatic carbocycles. The van der Waals surface area contributed by atoms with Crippen LogP contribution in [0.15, 0.2) is 18.2 Å². The van der Waals surface area contributed by atoms with Crippen molar-refractivity contribution < 1.29 is 14.3 Å². The smallest absolute Gasteiger partial charge is 0.240 e. The lowest BCUT2D eigenvalue weighted by molar-refractivity contribution is -0.121. The SMILES string of the molecule is COc1ccc(NC(C)=O)cc1NCC(=O)NC1(C#N)CCCCC1. The van der Waals surface area contributed by atoms with Gasteiger partial charge in [-0.25, -0.2) is 0 Å². The highest BCUT2D eigenvalue weighted by Crippen LogP contribution is 2.29. The monoisotopic (exact) mass is 344 g/mol. The van der Waals surface area contributed by atoms with E-state index in [0.717, 1.165) is 19.3 Å². The number of carbonyl (C=O) groups is 2. The number of nitrogens with zero attached hydrogens (tertiary/aromatic N) is 1. The molecule has 0 heterocycles. The van der Waals surface area contributed by atoms with Crippen molar-refractivity contribution in [2.75, 3.05) is 24.3 Å². The number of hydrogen-bond acceptors (Lipinski definition) is 5. The number of methoxy groups -OCH3 is 1. The van der Waals surface area contributed by atoms with Crippen LogP contribution < -0.4 is 20.7 Å². The second-order valence-corrected chi connectivity index (χ2v) is 6.25. The fourth-order valence-electron chi connectivity index (χ4n) is 3.03. The van der Waals surface area contributed by atoms with Crippen LogP contribution in [0.3, 0.4) is 0 Å². The zero-order valence-corrected chi connectivity index (χ0v) is 14.6. The molecule has 1 aromatic carbocycles. The molecule has 1 fully saturated rings. The molecule has 0 spiro atoms. The van der Waals surface area contributed by atoms with Gasteiger partial charge < -0.3 is 20.7 Å². The first-order valence-electron chi connectivity index (χ1n) is 8.40. The minimum Gasteiger partial charge on any atom is -0.495 e. The van der Waals surface area contributed by atoms with E-state index in [-0.39, 0.29) is 18.4 Å². The lowest BCUT2D eigenvalue weighted by atomic mass is 9.83. The van der Waals surface area contributed by atoms with Crippen LogP contribution in [0, 0.1) is 11.3 Å². The van der Waals surface area contributed by atoms with Gasteiger partial charge >= 0.3 is 0 Å². The largest absolute Gasteiger partial charge is 0.495 e. The predicted octanol–water partition coefficient (Wildman–Crippen LogP) is 2.41. The molecule has 2 amide bonds. The van der Waals surface area contributed by atoms with Crippen molar-refractivity contribution in [3.63, 3.8) is 0 Å². The van der Waals surface area contributed by atoms with Crippen LogP contribution in [-0.2, 0) is 9.59 Å². The first-order valence-corrected chi connectivity index (χ1v) is 8.40. The van der Waals surface area contributed by atoms with Crippen LogP contribution in [0.5, 0.6) is 5.75 Å². The van der Waals surface area contributed by atoms with Crippen LogP contribution >= 0.6 is 0 Å². The summed E-state index contributed by atoms with van der Waals surface area (Å²) in [4.78, 5) is 23.5. The number of nitriles is 1. The molecule has 3 N–H and O–H groups in total. The van der Waals surface area contributed by atoms with E-state index in [1.165, 1.54) is 14.0 Å². The quantitative estimate of drug-likeness (QED) is 0.735. The molecular weight excluding hydrogens is 320 g/mol. The second-order valence-electron chi connectivity index (χ2n) is 6.25. The molecule has 0 atom stereocenters. The third kappa shape index (κ3) is 5.11. The van der Waals surface area contributed by atoms with Crippen molar-refractivity contribution >= 4 is 23.2 Å². The van der Waals surface area contributed by atoms with Gasteiger partial charge in [0.15, 0.2) is 0 Å². The number of benzene rings is 1. The van der Waals surface area contributed by atoms with Gasteiger partial charge in [-0.05, 0) is 31.0 Å². The van der Waals surface area contributed by atoms with Gasteiger partial charge in [0.25, 0.3) is 0 Å². The molecule has 7 heteroatoms. The van der Waals surface area contributed by atoms with E-state index in [0.29, 0.717) is 30.0 Å². The highest BCUT2D eigenvalue weighted by Gasteiger charge is 2.33. The van der Waals surface area contributed by atoms with E-state index < -0.39 is 5.54 Å². The fourth-order valence-corrected chi connectivity index (χ4v) is 3.03. The third-order valence-corrected chi connectivity index (χ3v) is 4.26. The molecule has 0 aromatic heterocycles. The first-order chi connectivity index (χ1) is 12.0. The summed E-state index contributed by atoms with van der Waals surface area (Å²) in [6, 6.07) is 7.40. The van der Waals surface area contributed by atoms with Crippen LogP contribution in [0.4, 0.5) is 11.4 Å². The topological polar surface area (TPSA) is 103 Å². The Morgan fingerprint density at radius 3 is 2.60 bits per heavy atom. The number of anilines is 2. The van der Waals surface area contributed by atoms with Crippen molar-refractivity contribution in [2.24, 2.45) is 0 Å². The van der Waals surface area contributed by atoms with Crippen LogP contribution in [0.25, 0.3) is 0 Å². The molecule has 7 nitrogen and oxygen atoms in total. The molecule has 1 saturated carbocycles. The van der Waals surface area contributed by atoms with Crippen molar-refractivity contribution in [3.05, 3.63) is 18.2 Å². The Balaban J connectivity index is 2.00. The van der Waals surface area contributed by atoms with Gasteiger partial charge in [0, 0.05) is 12.6 Å². The summed E-state index contributed by atoms with van der Waals surface area (Å²) in [6.45, 7) is 1.44. The number of amides is 2. The molecule has 0 bridgehead atoms. The number of carbonyl (C=O) groups excluding carboxylic acids is 2. The van der Waals surface area contributed by atoms with Gasteiger partial charge in [-0.1, -0.05) is 19.3 Å². The van der Waals surface area contributed by atoms with E-state index in [1.807, 2.05) is 0 Å². The molecule has 0 saturated heterocycles. The molecular formula is C18H24N4O3. The Morgan fingerprint density at radius 1 is 1.28 bits per heavy atom. The minimum absolute atomic E-state index is 0.0172. The molecule has 134 valence electrons. The van der Waals surface area contributed by atoms with Gasteiger partial charge in [-0.15, -0.1) is 0 Å². The zero-order chi connectivity index (χ0) is 18.3. The van der Waals surface area contributed by atoms with Gasteiger partial charge in [-0.2, -0.15) is 5.26 Å². The summed E-state index contributed by atoms with van der Waals surface area (Å²) >= 11 is 0. The maximum absolute atomic E-state index is 12.3. The Hall–Kier alpha value is -2.75. The molecule has 1 aliphatic rings. The Morgan fingerprint density at radius 2 is 2.00 bits per heavy atom. The van der Waals surface area contributed by atoms with Crippen molar-refractivity contribution in [2.45, 2.75) is 44.6 Å². The Labute approximate surface area is 147 Å². The number of ether oxygens (including phenoxy) is 1. The lowest BCUT2D eigenvalue weighted by Gasteiger charge is -2.31. The molecule has 0 unspecified atom stereocenters. The molecule has 1 aromatic rings. The summed E-state index contributed by atoms with van der Waals surface area (Å²) in [5, 5.41) is 18.0. The maximum atomic E-state index is 12.3. The maximum Gasteiger partial charge on any atom is 0.240 e. The van der Waals surface area contributed by atoms with Gasteiger partial charge in [-0.3, -0.25) is 9.59 Å². The standard InChI is InChI=1S/C18H24N4O3/c1-13(23)21-14-6-7-16(25-2)15(10-14)20-11-17(24)22-18(12-19)8-4-3-5-9-18/h6-7,10,20H,3-5,8-9,11H2,1-2H3,(H,21,23)(H,22,24). The van der Waals surface area contributed by atoms with E-state index in [9.17, 15) is 14.9 Å². The highest BCUT2D eigenvalue weighted by molar-refractivity contribution is 5.90. The summed E-state index contributed by atoms with van der Waals surface area (Å²) in [7, 11) is 1.53. The summed E-state index contributed by atoms with van der Waals surface area (Å²) in [5.74, 6) is 0.145. The average Bonchev–Trinajstić information content (AvgIpc) is 2.60. The summed E-state index contributed by atoms with van der Waals surface area (Å²) in [6.07, 6.45) is 4.39.